The van der Waals surface area contributed by atoms with Crippen LogP contribution in [0.2, 0.25) is 15.1 Å². The molecule has 2 aromatic rings. The van der Waals surface area contributed by atoms with Crippen molar-refractivity contribution in [3.05, 3.63) is 45.4 Å². The van der Waals surface area contributed by atoms with Crippen molar-refractivity contribution in [1.29, 1.82) is 0 Å². The van der Waals surface area contributed by atoms with Gasteiger partial charge in [0.2, 0.25) is 0 Å². The summed E-state index contributed by atoms with van der Waals surface area (Å²) in [6.45, 7) is 0. The van der Waals surface area contributed by atoms with Gasteiger partial charge in [-0.25, -0.2) is 0 Å². The summed E-state index contributed by atoms with van der Waals surface area (Å²) in [7, 11) is 1.56. The van der Waals surface area contributed by atoms with E-state index in [0.29, 0.717) is 21.4 Å². The molecule has 0 spiro atoms. The smallest absolute Gasteiger partial charge is 0.135 e. The number of benzene rings is 2. The maximum atomic E-state index is 9.48. The standard InChI is InChI=1S/C13H9Cl3O2/c1-18-13-3-2-7(14)4-9(13)8-5-11(16)12(17)6-10(8)15/h2-6,17H,1H3. The molecule has 0 amide bonds. The van der Waals surface area contributed by atoms with Crippen molar-refractivity contribution in [1.82, 2.24) is 0 Å². The van der Waals surface area contributed by atoms with E-state index in [4.69, 9.17) is 39.5 Å². The minimum absolute atomic E-state index is 0.0635. The van der Waals surface area contributed by atoms with Crippen LogP contribution in [-0.2, 0) is 0 Å². The van der Waals surface area contributed by atoms with Gasteiger partial charge in [-0.2, -0.15) is 0 Å². The van der Waals surface area contributed by atoms with Crippen molar-refractivity contribution >= 4 is 34.8 Å². The highest BCUT2D eigenvalue weighted by Gasteiger charge is 2.13. The highest BCUT2D eigenvalue weighted by atomic mass is 35.5. The Morgan fingerprint density at radius 2 is 1.67 bits per heavy atom. The Balaban J connectivity index is 2.68. The third-order valence-electron chi connectivity index (χ3n) is 2.49. The van der Waals surface area contributed by atoms with Crippen molar-refractivity contribution in [3.8, 4) is 22.6 Å². The van der Waals surface area contributed by atoms with E-state index in [1.54, 1.807) is 31.4 Å². The van der Waals surface area contributed by atoms with Crippen molar-refractivity contribution in [2.45, 2.75) is 0 Å². The summed E-state index contributed by atoms with van der Waals surface area (Å²) in [6.07, 6.45) is 0. The first-order valence-electron chi connectivity index (χ1n) is 5.05. The molecule has 0 atom stereocenters. The number of aromatic hydroxyl groups is 1. The number of phenols is 1. The van der Waals surface area contributed by atoms with Crippen LogP contribution in [0.1, 0.15) is 0 Å². The number of hydrogen-bond donors (Lipinski definition) is 1. The van der Waals surface area contributed by atoms with Crippen LogP contribution in [0.4, 0.5) is 0 Å². The second-order valence-electron chi connectivity index (χ2n) is 3.63. The molecule has 1 N–H and O–H groups in total. The van der Waals surface area contributed by atoms with Gasteiger partial charge >= 0.3 is 0 Å². The van der Waals surface area contributed by atoms with Gasteiger partial charge in [0.15, 0.2) is 0 Å². The molecular weight excluding hydrogens is 294 g/mol. The molecule has 0 aliphatic carbocycles. The lowest BCUT2D eigenvalue weighted by atomic mass is 10.0. The first kappa shape index (κ1) is 13.3. The fourth-order valence-electron chi connectivity index (χ4n) is 1.63. The summed E-state index contributed by atoms with van der Waals surface area (Å²) < 4.78 is 5.26. The van der Waals surface area contributed by atoms with Gasteiger partial charge in [0.25, 0.3) is 0 Å². The molecule has 0 saturated carbocycles. The van der Waals surface area contributed by atoms with Crippen molar-refractivity contribution in [3.63, 3.8) is 0 Å². The number of rotatable bonds is 2. The molecule has 94 valence electrons. The minimum Gasteiger partial charge on any atom is -0.506 e. The molecule has 2 aromatic carbocycles. The van der Waals surface area contributed by atoms with E-state index in [-0.39, 0.29) is 10.8 Å². The van der Waals surface area contributed by atoms with E-state index in [1.165, 1.54) is 6.07 Å². The lowest BCUT2D eigenvalue weighted by molar-refractivity contribution is 0.416. The van der Waals surface area contributed by atoms with Gasteiger partial charge in [-0.05, 0) is 24.3 Å². The largest absolute Gasteiger partial charge is 0.506 e. The summed E-state index contributed by atoms with van der Waals surface area (Å²) in [4.78, 5) is 0. The number of ether oxygens (including phenoxy) is 1. The summed E-state index contributed by atoms with van der Waals surface area (Å²) in [5.41, 5.74) is 1.37. The van der Waals surface area contributed by atoms with Crippen molar-refractivity contribution in [2.24, 2.45) is 0 Å². The van der Waals surface area contributed by atoms with Crippen LogP contribution in [0.15, 0.2) is 30.3 Å². The lowest BCUT2D eigenvalue weighted by Gasteiger charge is -2.11. The van der Waals surface area contributed by atoms with Gasteiger partial charge in [0, 0.05) is 22.2 Å². The second-order valence-corrected chi connectivity index (χ2v) is 4.88. The zero-order chi connectivity index (χ0) is 13.3. The SMILES string of the molecule is COc1ccc(Cl)cc1-c1cc(Cl)c(O)cc1Cl. The molecule has 0 aromatic heterocycles. The first-order valence-corrected chi connectivity index (χ1v) is 6.18. The number of hydrogen-bond acceptors (Lipinski definition) is 2. The average molecular weight is 304 g/mol. The third kappa shape index (κ3) is 2.51. The first-order chi connectivity index (χ1) is 8.52. The van der Waals surface area contributed by atoms with Gasteiger partial charge in [-0.1, -0.05) is 34.8 Å². The highest BCUT2D eigenvalue weighted by Crippen LogP contribution is 2.40. The maximum Gasteiger partial charge on any atom is 0.135 e. The van der Waals surface area contributed by atoms with E-state index in [9.17, 15) is 5.11 Å². The maximum absolute atomic E-state index is 9.48. The Bertz CT molecular complexity index is 597. The van der Waals surface area contributed by atoms with Gasteiger partial charge in [0.1, 0.15) is 11.5 Å². The minimum atomic E-state index is -0.0635. The van der Waals surface area contributed by atoms with Gasteiger partial charge in [-0.3, -0.25) is 0 Å². The van der Waals surface area contributed by atoms with Crippen LogP contribution < -0.4 is 4.74 Å². The Morgan fingerprint density at radius 3 is 2.33 bits per heavy atom. The average Bonchev–Trinajstić information content (AvgIpc) is 2.34. The molecule has 0 unspecified atom stereocenters. The van der Waals surface area contributed by atoms with E-state index in [1.807, 2.05) is 0 Å². The summed E-state index contributed by atoms with van der Waals surface area (Å²) in [6, 6.07) is 8.16. The van der Waals surface area contributed by atoms with E-state index in [0.717, 1.165) is 5.56 Å². The van der Waals surface area contributed by atoms with Crippen molar-refractivity contribution in [2.75, 3.05) is 7.11 Å². The lowest BCUT2D eigenvalue weighted by Crippen LogP contribution is -1.89. The van der Waals surface area contributed by atoms with Crippen LogP contribution in [-0.4, -0.2) is 12.2 Å². The molecule has 0 heterocycles. The van der Waals surface area contributed by atoms with Crippen LogP contribution in [0, 0.1) is 0 Å². The zero-order valence-electron chi connectivity index (χ0n) is 9.38. The Hall–Kier alpha value is -1.09. The second kappa shape index (κ2) is 5.27. The zero-order valence-corrected chi connectivity index (χ0v) is 11.6. The molecule has 0 aliphatic heterocycles. The van der Waals surface area contributed by atoms with Gasteiger partial charge in [-0.15, -0.1) is 0 Å². The fraction of sp³-hybridized carbons (Fsp3) is 0.0769. The number of methoxy groups -OCH3 is 1. The topological polar surface area (TPSA) is 29.5 Å². The molecule has 5 heteroatoms. The Morgan fingerprint density at radius 1 is 0.944 bits per heavy atom. The van der Waals surface area contributed by atoms with Gasteiger partial charge < -0.3 is 9.84 Å². The van der Waals surface area contributed by atoms with Crippen LogP contribution in [0.3, 0.4) is 0 Å². The summed E-state index contributed by atoms with van der Waals surface area (Å²) >= 11 is 18.0. The summed E-state index contributed by atoms with van der Waals surface area (Å²) in [5.74, 6) is 0.564. The van der Waals surface area contributed by atoms with Crippen molar-refractivity contribution < 1.29 is 9.84 Å². The monoisotopic (exact) mass is 302 g/mol. The molecule has 2 rings (SSSR count). The molecule has 18 heavy (non-hydrogen) atoms. The molecule has 0 fully saturated rings. The molecule has 0 bridgehead atoms. The van der Waals surface area contributed by atoms with Gasteiger partial charge in [0.05, 0.1) is 17.2 Å². The fourth-order valence-corrected chi connectivity index (χ4v) is 2.23. The molecule has 2 nitrogen and oxygen atoms in total. The van der Waals surface area contributed by atoms with E-state index < -0.39 is 0 Å². The van der Waals surface area contributed by atoms with E-state index in [2.05, 4.69) is 0 Å². The quantitative estimate of drug-likeness (QED) is 0.843. The molecule has 0 saturated heterocycles. The number of halogens is 3. The van der Waals surface area contributed by atoms with E-state index >= 15 is 0 Å². The molecular formula is C13H9Cl3O2. The molecule has 0 aliphatic rings. The van der Waals surface area contributed by atoms with Crippen LogP contribution in [0.5, 0.6) is 11.5 Å². The molecule has 0 radical (unpaired) electrons. The predicted molar refractivity (Wildman–Crippen MR) is 75.1 cm³/mol. The normalized spacial score (nSPS) is 10.4. The number of phenolic OH excluding ortho intramolecular Hbond substituents is 1. The van der Waals surface area contributed by atoms with Crippen LogP contribution in [0.25, 0.3) is 11.1 Å². The predicted octanol–water partition coefficient (Wildman–Crippen LogP) is 5.03. The Labute approximate surface area is 120 Å². The third-order valence-corrected chi connectivity index (χ3v) is 3.34. The summed E-state index contributed by atoms with van der Waals surface area (Å²) in [5, 5.41) is 10.6. The highest BCUT2D eigenvalue weighted by molar-refractivity contribution is 6.36. The van der Waals surface area contributed by atoms with Crippen LogP contribution >= 0.6 is 34.8 Å². The Kier molecular flexibility index (Phi) is 3.91.